The van der Waals surface area contributed by atoms with Crippen LogP contribution >= 0.6 is 0 Å². The van der Waals surface area contributed by atoms with E-state index >= 15 is 0 Å². The first-order chi connectivity index (χ1) is 12.7. The molecule has 1 aromatic carbocycles. The topological polar surface area (TPSA) is 58.9 Å². The van der Waals surface area contributed by atoms with Crippen LogP contribution in [0, 0.1) is 13.8 Å². The second-order valence-corrected chi connectivity index (χ2v) is 6.84. The van der Waals surface area contributed by atoms with Crippen LogP contribution in [0.15, 0.2) is 48.8 Å². The highest BCUT2D eigenvalue weighted by atomic mass is 15.3. The zero-order valence-corrected chi connectivity index (χ0v) is 15.3. The maximum absolute atomic E-state index is 4.70. The van der Waals surface area contributed by atoms with E-state index in [4.69, 9.17) is 4.98 Å². The zero-order chi connectivity index (χ0) is 17.9. The second-order valence-electron chi connectivity index (χ2n) is 6.84. The molecular weight excluding hydrogens is 324 g/mol. The Labute approximate surface area is 153 Å². The van der Waals surface area contributed by atoms with Crippen LogP contribution in [-0.4, -0.2) is 38.9 Å². The highest BCUT2D eigenvalue weighted by Gasteiger charge is 2.20. The molecule has 2 aromatic heterocycles. The van der Waals surface area contributed by atoms with E-state index < -0.39 is 0 Å². The van der Waals surface area contributed by atoms with E-state index in [0.717, 1.165) is 49.0 Å². The minimum Gasteiger partial charge on any atom is -0.371 e. The SMILES string of the molecule is Cc1cc(C)n(-c2cncc(NC3CCN(c4ccccc4)CC3)n2)n1. The van der Waals surface area contributed by atoms with Crippen LogP contribution in [-0.2, 0) is 0 Å². The van der Waals surface area contributed by atoms with Gasteiger partial charge in [-0.15, -0.1) is 0 Å². The van der Waals surface area contributed by atoms with Gasteiger partial charge >= 0.3 is 0 Å². The number of piperidine rings is 1. The van der Waals surface area contributed by atoms with Crippen LogP contribution < -0.4 is 10.2 Å². The average Bonchev–Trinajstić information content (AvgIpc) is 3.01. The summed E-state index contributed by atoms with van der Waals surface area (Å²) in [6.45, 7) is 6.11. The van der Waals surface area contributed by atoms with Gasteiger partial charge in [-0.3, -0.25) is 4.98 Å². The van der Waals surface area contributed by atoms with Crippen molar-refractivity contribution in [2.75, 3.05) is 23.3 Å². The summed E-state index contributed by atoms with van der Waals surface area (Å²) < 4.78 is 1.84. The Morgan fingerprint density at radius 2 is 1.81 bits per heavy atom. The third kappa shape index (κ3) is 3.54. The molecule has 6 heteroatoms. The Balaban J connectivity index is 1.41. The summed E-state index contributed by atoms with van der Waals surface area (Å²) in [6.07, 6.45) is 5.71. The number of nitrogens with one attached hydrogen (secondary N) is 1. The van der Waals surface area contributed by atoms with Crippen LogP contribution in [0.4, 0.5) is 11.5 Å². The Kier molecular flexibility index (Phi) is 4.56. The fraction of sp³-hybridized carbons (Fsp3) is 0.350. The molecule has 134 valence electrons. The summed E-state index contributed by atoms with van der Waals surface area (Å²) in [5, 5.41) is 8.04. The number of hydrogen-bond donors (Lipinski definition) is 1. The Bertz CT molecular complexity index is 865. The molecule has 26 heavy (non-hydrogen) atoms. The van der Waals surface area contributed by atoms with E-state index in [1.54, 1.807) is 12.4 Å². The fourth-order valence-corrected chi connectivity index (χ4v) is 3.52. The van der Waals surface area contributed by atoms with Crippen LogP contribution in [0.25, 0.3) is 5.82 Å². The van der Waals surface area contributed by atoms with E-state index in [2.05, 4.69) is 50.6 Å². The summed E-state index contributed by atoms with van der Waals surface area (Å²) >= 11 is 0. The maximum Gasteiger partial charge on any atom is 0.174 e. The first-order valence-corrected chi connectivity index (χ1v) is 9.11. The Hall–Kier alpha value is -2.89. The fourth-order valence-electron chi connectivity index (χ4n) is 3.52. The Morgan fingerprint density at radius 3 is 2.50 bits per heavy atom. The zero-order valence-electron chi connectivity index (χ0n) is 15.3. The smallest absolute Gasteiger partial charge is 0.174 e. The summed E-state index contributed by atoms with van der Waals surface area (Å²) in [5.74, 6) is 1.57. The van der Waals surface area contributed by atoms with Gasteiger partial charge in [-0.2, -0.15) is 5.10 Å². The molecule has 6 nitrogen and oxygen atoms in total. The van der Waals surface area contributed by atoms with Gasteiger partial charge < -0.3 is 10.2 Å². The molecule has 3 heterocycles. The van der Waals surface area contributed by atoms with Crippen molar-refractivity contribution in [3.8, 4) is 5.82 Å². The lowest BCUT2D eigenvalue weighted by molar-refractivity contribution is 0.525. The molecule has 0 radical (unpaired) electrons. The minimum atomic E-state index is 0.417. The van der Waals surface area contributed by atoms with Crippen molar-refractivity contribution in [3.63, 3.8) is 0 Å². The van der Waals surface area contributed by atoms with E-state index in [9.17, 15) is 0 Å². The first-order valence-electron chi connectivity index (χ1n) is 9.11. The summed E-state index contributed by atoms with van der Waals surface area (Å²) in [6, 6.07) is 13.1. The molecule has 0 unspecified atom stereocenters. The molecule has 1 N–H and O–H groups in total. The maximum atomic E-state index is 4.70. The van der Waals surface area contributed by atoms with E-state index in [1.165, 1.54) is 5.69 Å². The number of anilines is 2. The minimum absolute atomic E-state index is 0.417. The highest BCUT2D eigenvalue weighted by Crippen LogP contribution is 2.21. The van der Waals surface area contributed by atoms with Gasteiger partial charge in [-0.25, -0.2) is 9.67 Å². The molecule has 0 bridgehead atoms. The van der Waals surface area contributed by atoms with Crippen LogP contribution in [0.3, 0.4) is 0 Å². The van der Waals surface area contributed by atoms with Gasteiger partial charge in [0.15, 0.2) is 5.82 Å². The number of rotatable bonds is 4. The van der Waals surface area contributed by atoms with Gasteiger partial charge in [0.1, 0.15) is 5.82 Å². The molecule has 4 rings (SSSR count). The molecule has 1 aliphatic rings. The van der Waals surface area contributed by atoms with E-state index in [0.29, 0.717) is 6.04 Å². The van der Waals surface area contributed by atoms with Crippen molar-refractivity contribution >= 4 is 11.5 Å². The van der Waals surface area contributed by atoms with Crippen molar-refractivity contribution in [1.29, 1.82) is 0 Å². The third-order valence-corrected chi connectivity index (χ3v) is 4.82. The highest BCUT2D eigenvalue weighted by molar-refractivity contribution is 5.47. The van der Waals surface area contributed by atoms with Crippen molar-refractivity contribution in [2.24, 2.45) is 0 Å². The molecule has 1 aliphatic heterocycles. The van der Waals surface area contributed by atoms with Gasteiger partial charge in [0.2, 0.25) is 0 Å². The predicted molar refractivity (Wildman–Crippen MR) is 104 cm³/mol. The largest absolute Gasteiger partial charge is 0.371 e. The summed E-state index contributed by atoms with van der Waals surface area (Å²) in [5.41, 5.74) is 3.35. The van der Waals surface area contributed by atoms with Gasteiger partial charge in [-0.05, 0) is 44.9 Å². The molecule has 0 amide bonds. The van der Waals surface area contributed by atoms with E-state index in [1.807, 2.05) is 24.6 Å². The van der Waals surface area contributed by atoms with Gasteiger partial charge in [0.05, 0.1) is 18.1 Å². The third-order valence-electron chi connectivity index (χ3n) is 4.82. The molecular formula is C20H24N6. The standard InChI is InChI=1S/C20H24N6/c1-15-12-16(2)26(24-15)20-14-21-13-19(23-20)22-17-8-10-25(11-9-17)18-6-4-3-5-7-18/h3-7,12-14,17H,8-11H2,1-2H3,(H,22,23). The lowest BCUT2D eigenvalue weighted by Crippen LogP contribution is -2.39. The van der Waals surface area contributed by atoms with Crippen molar-refractivity contribution in [1.82, 2.24) is 19.7 Å². The molecule has 0 saturated carbocycles. The molecule has 0 atom stereocenters. The molecule has 1 saturated heterocycles. The average molecular weight is 348 g/mol. The Morgan fingerprint density at radius 1 is 1.04 bits per heavy atom. The summed E-state index contributed by atoms with van der Waals surface area (Å²) in [7, 11) is 0. The van der Waals surface area contributed by atoms with Gasteiger partial charge in [0.25, 0.3) is 0 Å². The molecule has 1 fully saturated rings. The number of hydrogen-bond acceptors (Lipinski definition) is 5. The number of aromatic nitrogens is 4. The monoisotopic (exact) mass is 348 g/mol. The quantitative estimate of drug-likeness (QED) is 0.783. The van der Waals surface area contributed by atoms with E-state index in [-0.39, 0.29) is 0 Å². The predicted octanol–water partition coefficient (Wildman–Crippen LogP) is 3.36. The van der Waals surface area contributed by atoms with Crippen molar-refractivity contribution in [2.45, 2.75) is 32.7 Å². The lowest BCUT2D eigenvalue weighted by Gasteiger charge is -2.34. The number of para-hydroxylation sites is 1. The second kappa shape index (κ2) is 7.15. The first kappa shape index (κ1) is 16.6. The lowest BCUT2D eigenvalue weighted by atomic mass is 10.0. The number of nitrogens with zero attached hydrogens (tertiary/aromatic N) is 5. The molecule has 0 spiro atoms. The normalized spacial score (nSPS) is 15.2. The molecule has 3 aromatic rings. The number of benzene rings is 1. The van der Waals surface area contributed by atoms with Crippen LogP contribution in [0.1, 0.15) is 24.2 Å². The summed E-state index contributed by atoms with van der Waals surface area (Å²) in [4.78, 5) is 11.5. The van der Waals surface area contributed by atoms with Gasteiger partial charge in [0, 0.05) is 30.5 Å². The van der Waals surface area contributed by atoms with Crippen molar-refractivity contribution in [3.05, 3.63) is 60.2 Å². The van der Waals surface area contributed by atoms with Gasteiger partial charge in [-0.1, -0.05) is 18.2 Å². The van der Waals surface area contributed by atoms with Crippen LogP contribution in [0.2, 0.25) is 0 Å². The number of aryl methyl sites for hydroxylation is 2. The van der Waals surface area contributed by atoms with Crippen molar-refractivity contribution < 1.29 is 0 Å². The van der Waals surface area contributed by atoms with Crippen LogP contribution in [0.5, 0.6) is 0 Å². The molecule has 0 aliphatic carbocycles.